The van der Waals surface area contributed by atoms with E-state index >= 15 is 0 Å². The summed E-state index contributed by atoms with van der Waals surface area (Å²) in [7, 11) is 0. The molecule has 25 heavy (non-hydrogen) atoms. The molecule has 2 aliphatic rings. The number of hydrogen-bond donors (Lipinski definition) is 1. The highest BCUT2D eigenvalue weighted by atomic mass is 16.5. The summed E-state index contributed by atoms with van der Waals surface area (Å²) in [5.41, 5.74) is 0.298. The fourth-order valence-corrected chi connectivity index (χ4v) is 3.78. The monoisotopic (exact) mass is 341 g/mol. The highest BCUT2D eigenvalue weighted by Crippen LogP contribution is 2.42. The van der Waals surface area contributed by atoms with Crippen LogP contribution in [0.4, 0.5) is 0 Å². The predicted octanol–water partition coefficient (Wildman–Crippen LogP) is 1.44. The molecule has 0 unspecified atom stereocenters. The van der Waals surface area contributed by atoms with Crippen molar-refractivity contribution in [2.45, 2.75) is 6.42 Å². The molecule has 1 amide bonds. The molecular weight excluding hydrogens is 322 g/mol. The van der Waals surface area contributed by atoms with Gasteiger partial charge in [-0.3, -0.25) is 9.59 Å². The van der Waals surface area contributed by atoms with Crippen LogP contribution >= 0.6 is 0 Å². The Morgan fingerprint density at radius 1 is 1.24 bits per heavy atom. The highest BCUT2D eigenvalue weighted by Gasteiger charge is 2.55. The van der Waals surface area contributed by atoms with Gasteiger partial charge in [-0.05, 0) is 24.6 Å². The first-order chi connectivity index (χ1) is 12.1. The molecule has 0 aliphatic carbocycles. The van der Waals surface area contributed by atoms with Crippen LogP contribution in [0.2, 0.25) is 0 Å². The number of para-hydroxylation sites is 1. The van der Waals surface area contributed by atoms with Crippen molar-refractivity contribution < 1.29 is 19.4 Å². The van der Waals surface area contributed by atoms with Gasteiger partial charge in [0, 0.05) is 31.8 Å². The van der Waals surface area contributed by atoms with Crippen LogP contribution in [0.1, 0.15) is 16.9 Å². The number of likely N-dealkylation sites (tertiary alicyclic amines) is 1. The molecule has 1 aromatic heterocycles. The van der Waals surface area contributed by atoms with Crippen molar-refractivity contribution in [3.8, 4) is 5.69 Å². The lowest BCUT2D eigenvalue weighted by atomic mass is 9.74. The summed E-state index contributed by atoms with van der Waals surface area (Å²) >= 11 is 0. The van der Waals surface area contributed by atoms with E-state index in [9.17, 15) is 14.7 Å². The van der Waals surface area contributed by atoms with Crippen molar-refractivity contribution in [1.82, 2.24) is 14.7 Å². The van der Waals surface area contributed by atoms with Crippen molar-refractivity contribution in [3.63, 3.8) is 0 Å². The lowest BCUT2D eigenvalue weighted by Crippen LogP contribution is -2.45. The Labute approximate surface area is 144 Å². The molecule has 2 atom stereocenters. The molecule has 3 heterocycles. The van der Waals surface area contributed by atoms with Gasteiger partial charge in [-0.25, -0.2) is 4.68 Å². The van der Waals surface area contributed by atoms with Crippen LogP contribution in [-0.2, 0) is 9.53 Å². The number of amides is 1. The number of nitrogens with zero attached hydrogens (tertiary/aromatic N) is 3. The van der Waals surface area contributed by atoms with Crippen molar-refractivity contribution >= 4 is 11.9 Å². The van der Waals surface area contributed by atoms with E-state index in [0.29, 0.717) is 31.9 Å². The van der Waals surface area contributed by atoms with E-state index in [1.165, 1.54) is 0 Å². The third-order valence-corrected chi connectivity index (χ3v) is 5.25. The maximum atomic E-state index is 12.8. The van der Waals surface area contributed by atoms with Gasteiger partial charge < -0.3 is 14.7 Å². The van der Waals surface area contributed by atoms with E-state index in [4.69, 9.17) is 4.74 Å². The summed E-state index contributed by atoms with van der Waals surface area (Å²) < 4.78 is 7.08. The van der Waals surface area contributed by atoms with Gasteiger partial charge >= 0.3 is 5.97 Å². The molecule has 2 saturated heterocycles. The van der Waals surface area contributed by atoms with Crippen LogP contribution in [-0.4, -0.2) is 58.0 Å². The molecule has 1 N–H and O–H groups in total. The number of carbonyl (C=O) groups excluding carboxylic acids is 1. The minimum Gasteiger partial charge on any atom is -0.481 e. The Kier molecular flexibility index (Phi) is 3.80. The first kappa shape index (κ1) is 15.8. The number of fused-ring (bicyclic) bond motifs is 1. The van der Waals surface area contributed by atoms with E-state index in [0.717, 1.165) is 5.69 Å². The second-order valence-corrected chi connectivity index (χ2v) is 6.65. The zero-order valence-corrected chi connectivity index (χ0v) is 13.7. The standard InChI is InChI=1S/C18H19N3O4/c22-16(15-6-8-21(19-15)14-4-2-1-3-5-14)20-10-13-11-25-9-7-18(13,12-20)17(23)24/h1-6,8,13H,7,9-12H2,(H,23,24)/t13-,18+/m0/s1. The Hall–Kier alpha value is -2.67. The van der Waals surface area contributed by atoms with Crippen LogP contribution in [0, 0.1) is 11.3 Å². The van der Waals surface area contributed by atoms with Gasteiger partial charge in [-0.15, -0.1) is 0 Å². The number of aliphatic carboxylic acids is 1. The smallest absolute Gasteiger partial charge is 0.311 e. The third kappa shape index (κ3) is 2.60. The Balaban J connectivity index is 1.56. The zero-order valence-electron chi connectivity index (χ0n) is 13.7. The zero-order chi connectivity index (χ0) is 17.4. The summed E-state index contributed by atoms with van der Waals surface area (Å²) in [5, 5.41) is 14.1. The largest absolute Gasteiger partial charge is 0.481 e. The Morgan fingerprint density at radius 2 is 2.04 bits per heavy atom. The van der Waals surface area contributed by atoms with Gasteiger partial charge in [0.1, 0.15) is 0 Å². The first-order valence-electron chi connectivity index (χ1n) is 8.32. The van der Waals surface area contributed by atoms with Crippen LogP contribution in [0.15, 0.2) is 42.6 Å². The highest BCUT2D eigenvalue weighted by molar-refractivity contribution is 5.93. The van der Waals surface area contributed by atoms with E-state index in [1.807, 2.05) is 30.3 Å². The van der Waals surface area contributed by atoms with E-state index in [1.54, 1.807) is 21.8 Å². The predicted molar refractivity (Wildman–Crippen MR) is 88.5 cm³/mol. The molecule has 4 rings (SSSR count). The van der Waals surface area contributed by atoms with Gasteiger partial charge in [0.15, 0.2) is 5.69 Å². The molecule has 7 nitrogen and oxygen atoms in total. The summed E-state index contributed by atoms with van der Waals surface area (Å²) in [6, 6.07) is 11.2. The molecule has 130 valence electrons. The maximum absolute atomic E-state index is 12.8. The lowest BCUT2D eigenvalue weighted by molar-refractivity contribution is -0.157. The molecule has 0 radical (unpaired) electrons. The normalized spacial score (nSPS) is 25.6. The second kappa shape index (κ2) is 6.00. The quantitative estimate of drug-likeness (QED) is 0.913. The van der Waals surface area contributed by atoms with Gasteiger partial charge in [-0.1, -0.05) is 18.2 Å². The number of aromatic nitrogens is 2. The minimum atomic E-state index is -0.893. The van der Waals surface area contributed by atoms with E-state index in [-0.39, 0.29) is 18.4 Å². The van der Waals surface area contributed by atoms with Gasteiger partial charge in [0.05, 0.1) is 17.7 Å². The van der Waals surface area contributed by atoms with Crippen molar-refractivity contribution in [3.05, 3.63) is 48.3 Å². The van der Waals surface area contributed by atoms with Crippen LogP contribution < -0.4 is 0 Å². The average molecular weight is 341 g/mol. The lowest BCUT2D eigenvalue weighted by Gasteiger charge is -2.33. The molecule has 0 bridgehead atoms. The molecule has 1 aromatic carbocycles. The number of carboxylic acid groups (broad SMARTS) is 1. The molecule has 2 aliphatic heterocycles. The Morgan fingerprint density at radius 3 is 2.76 bits per heavy atom. The summed E-state index contributed by atoms with van der Waals surface area (Å²) in [6.45, 7) is 1.42. The number of ether oxygens (including phenoxy) is 1. The minimum absolute atomic E-state index is 0.168. The molecular formula is C18H19N3O4. The topological polar surface area (TPSA) is 84.7 Å². The second-order valence-electron chi connectivity index (χ2n) is 6.65. The van der Waals surface area contributed by atoms with E-state index < -0.39 is 11.4 Å². The summed E-state index contributed by atoms with van der Waals surface area (Å²) in [4.78, 5) is 26.3. The van der Waals surface area contributed by atoms with Crippen molar-refractivity contribution in [1.29, 1.82) is 0 Å². The molecule has 0 spiro atoms. The number of benzene rings is 1. The van der Waals surface area contributed by atoms with Gasteiger partial charge in [0.25, 0.3) is 5.91 Å². The van der Waals surface area contributed by atoms with Gasteiger partial charge in [0.2, 0.25) is 0 Å². The van der Waals surface area contributed by atoms with Crippen LogP contribution in [0.3, 0.4) is 0 Å². The van der Waals surface area contributed by atoms with Gasteiger partial charge in [-0.2, -0.15) is 5.10 Å². The fraction of sp³-hybridized carbons (Fsp3) is 0.389. The van der Waals surface area contributed by atoms with Crippen LogP contribution in [0.5, 0.6) is 0 Å². The molecule has 2 aromatic rings. The van der Waals surface area contributed by atoms with E-state index in [2.05, 4.69) is 5.10 Å². The fourth-order valence-electron chi connectivity index (χ4n) is 3.78. The number of hydrogen-bond acceptors (Lipinski definition) is 4. The number of carbonyl (C=O) groups is 2. The molecule has 0 saturated carbocycles. The molecule has 2 fully saturated rings. The summed E-state index contributed by atoms with van der Waals surface area (Å²) in [6.07, 6.45) is 2.18. The Bertz CT molecular complexity index is 804. The number of carboxylic acids is 1. The average Bonchev–Trinajstić information content (AvgIpc) is 3.27. The SMILES string of the molecule is O=C(c1ccn(-c2ccccc2)n1)N1C[C@H]2COCC[C@@]2(C(=O)O)C1. The van der Waals surface area contributed by atoms with Crippen LogP contribution in [0.25, 0.3) is 5.69 Å². The van der Waals surface area contributed by atoms with Crippen molar-refractivity contribution in [2.24, 2.45) is 11.3 Å². The maximum Gasteiger partial charge on any atom is 0.311 e. The molecule has 7 heteroatoms. The van der Waals surface area contributed by atoms with Crippen molar-refractivity contribution in [2.75, 3.05) is 26.3 Å². The summed E-state index contributed by atoms with van der Waals surface area (Å²) in [5.74, 6) is -1.24. The number of rotatable bonds is 3. The third-order valence-electron chi connectivity index (χ3n) is 5.25. The first-order valence-corrected chi connectivity index (χ1v) is 8.32.